The van der Waals surface area contributed by atoms with Gasteiger partial charge in [-0.15, -0.1) is 0 Å². The second-order valence-corrected chi connectivity index (χ2v) is 6.42. The van der Waals surface area contributed by atoms with Gasteiger partial charge in [0.1, 0.15) is 0 Å². The van der Waals surface area contributed by atoms with Gasteiger partial charge in [-0.05, 0) is 26.8 Å². The van der Waals surface area contributed by atoms with Crippen LogP contribution in [0, 0.1) is 0 Å². The van der Waals surface area contributed by atoms with Crippen molar-refractivity contribution in [3.8, 4) is 0 Å². The molecule has 19 heavy (non-hydrogen) atoms. The van der Waals surface area contributed by atoms with Crippen molar-refractivity contribution in [1.29, 1.82) is 0 Å². The van der Waals surface area contributed by atoms with Gasteiger partial charge in [-0.2, -0.15) is 0 Å². The number of nitrogens with zero attached hydrogens (tertiary/aromatic N) is 3. The monoisotopic (exact) mass is 263 g/mol. The van der Waals surface area contributed by atoms with Gasteiger partial charge in [-0.1, -0.05) is 0 Å². The third kappa shape index (κ3) is 3.67. The van der Waals surface area contributed by atoms with E-state index in [1.807, 2.05) is 30.1 Å². The number of hydrogen-bond acceptors (Lipinski definition) is 3. The lowest BCUT2D eigenvalue weighted by Gasteiger charge is -2.42. The van der Waals surface area contributed by atoms with Crippen LogP contribution in [-0.4, -0.2) is 58.4 Å². The molecule has 0 bridgehead atoms. The summed E-state index contributed by atoms with van der Waals surface area (Å²) in [4.78, 5) is 16.9. The van der Waals surface area contributed by atoms with Crippen molar-refractivity contribution in [2.24, 2.45) is 7.05 Å². The molecule has 106 valence electrons. The Morgan fingerprint density at radius 1 is 1.21 bits per heavy atom. The van der Waals surface area contributed by atoms with Crippen LogP contribution in [0.4, 0.5) is 0 Å². The molecule has 0 amide bonds. The minimum Gasteiger partial charge on any atom is -0.357 e. The Bertz CT molecular complexity index is 436. The number of rotatable bonds is 3. The summed E-state index contributed by atoms with van der Waals surface area (Å²) in [6, 6.07) is 1.90. The molecule has 0 radical (unpaired) electrons. The molecule has 0 saturated carbocycles. The SMILES string of the molecule is Cn1ccc(C(=O)CN2CCN(C(C)(C)C)CC2)c1. The standard InChI is InChI=1S/C15H25N3O/c1-15(2,3)18-9-7-17(8-10-18)12-14(19)13-5-6-16(4)11-13/h5-6,11H,7-10,12H2,1-4H3. The van der Waals surface area contributed by atoms with Crippen LogP contribution in [0.25, 0.3) is 0 Å². The molecule has 2 rings (SSSR count). The highest BCUT2D eigenvalue weighted by molar-refractivity contribution is 5.97. The molecule has 1 aliphatic heterocycles. The normalized spacial score (nSPS) is 18.7. The number of aromatic nitrogens is 1. The Morgan fingerprint density at radius 3 is 2.32 bits per heavy atom. The molecule has 0 atom stereocenters. The third-order valence-electron chi connectivity index (χ3n) is 3.84. The van der Waals surface area contributed by atoms with Gasteiger partial charge in [0.05, 0.1) is 6.54 Å². The van der Waals surface area contributed by atoms with Gasteiger partial charge >= 0.3 is 0 Å². The Labute approximate surface area is 116 Å². The predicted octanol–water partition coefficient (Wildman–Crippen LogP) is 1.62. The van der Waals surface area contributed by atoms with Crippen LogP contribution >= 0.6 is 0 Å². The van der Waals surface area contributed by atoms with E-state index in [0.717, 1.165) is 31.7 Å². The van der Waals surface area contributed by atoms with Crippen molar-refractivity contribution < 1.29 is 4.79 Å². The number of aryl methyl sites for hydroxylation is 1. The van der Waals surface area contributed by atoms with Crippen molar-refractivity contribution in [2.75, 3.05) is 32.7 Å². The molecular weight excluding hydrogens is 238 g/mol. The van der Waals surface area contributed by atoms with Crippen molar-refractivity contribution in [1.82, 2.24) is 14.4 Å². The first-order valence-electron chi connectivity index (χ1n) is 6.99. The molecule has 4 nitrogen and oxygen atoms in total. The summed E-state index contributed by atoms with van der Waals surface area (Å²) in [5.41, 5.74) is 1.05. The number of carbonyl (C=O) groups excluding carboxylic acids is 1. The first-order valence-corrected chi connectivity index (χ1v) is 6.99. The van der Waals surface area contributed by atoms with E-state index in [1.54, 1.807) is 0 Å². The number of ketones is 1. The molecule has 0 aliphatic carbocycles. The lowest BCUT2D eigenvalue weighted by atomic mass is 10.0. The smallest absolute Gasteiger partial charge is 0.178 e. The summed E-state index contributed by atoms with van der Waals surface area (Å²) < 4.78 is 1.92. The Morgan fingerprint density at radius 2 is 1.84 bits per heavy atom. The van der Waals surface area contributed by atoms with E-state index < -0.39 is 0 Å². The van der Waals surface area contributed by atoms with E-state index in [4.69, 9.17) is 0 Å². The molecule has 1 fully saturated rings. The zero-order valence-corrected chi connectivity index (χ0v) is 12.5. The van der Waals surface area contributed by atoms with Gasteiger partial charge in [0.2, 0.25) is 0 Å². The van der Waals surface area contributed by atoms with Gasteiger partial charge in [-0.25, -0.2) is 0 Å². The number of Topliss-reactive ketones (excluding diaryl/α,β-unsaturated/α-hetero) is 1. The second kappa shape index (κ2) is 5.47. The maximum atomic E-state index is 12.1. The van der Waals surface area contributed by atoms with E-state index >= 15 is 0 Å². The summed E-state index contributed by atoms with van der Waals surface area (Å²) in [6.07, 6.45) is 3.82. The fraction of sp³-hybridized carbons (Fsp3) is 0.667. The molecule has 0 unspecified atom stereocenters. The molecule has 0 N–H and O–H groups in total. The van der Waals surface area contributed by atoms with Crippen LogP contribution in [0.5, 0.6) is 0 Å². The van der Waals surface area contributed by atoms with Crippen molar-refractivity contribution in [3.63, 3.8) is 0 Å². The van der Waals surface area contributed by atoms with Crippen molar-refractivity contribution >= 4 is 5.78 Å². The molecule has 1 saturated heterocycles. The Kier molecular flexibility index (Phi) is 4.11. The second-order valence-electron chi connectivity index (χ2n) is 6.42. The van der Waals surface area contributed by atoms with Crippen molar-refractivity contribution in [2.45, 2.75) is 26.3 Å². The van der Waals surface area contributed by atoms with E-state index in [9.17, 15) is 4.79 Å². The van der Waals surface area contributed by atoms with Crippen molar-refractivity contribution in [3.05, 3.63) is 24.0 Å². The van der Waals surface area contributed by atoms with Gasteiger partial charge in [0.25, 0.3) is 0 Å². The highest BCUT2D eigenvalue weighted by Gasteiger charge is 2.26. The highest BCUT2D eigenvalue weighted by atomic mass is 16.1. The maximum Gasteiger partial charge on any atom is 0.178 e. The molecule has 0 aromatic carbocycles. The van der Waals surface area contributed by atoms with Gasteiger partial charge in [0.15, 0.2) is 5.78 Å². The number of piperazine rings is 1. The summed E-state index contributed by atoms with van der Waals surface area (Å²) >= 11 is 0. The Balaban J connectivity index is 1.84. The first kappa shape index (κ1) is 14.3. The Hall–Kier alpha value is -1.13. The maximum absolute atomic E-state index is 12.1. The molecule has 1 aromatic heterocycles. The number of hydrogen-bond donors (Lipinski definition) is 0. The van der Waals surface area contributed by atoms with E-state index in [0.29, 0.717) is 6.54 Å². The van der Waals surface area contributed by atoms with Crippen LogP contribution in [0.1, 0.15) is 31.1 Å². The van der Waals surface area contributed by atoms with E-state index in [1.165, 1.54) is 0 Å². The average molecular weight is 263 g/mol. The van der Waals surface area contributed by atoms with Crippen LogP contribution in [0.15, 0.2) is 18.5 Å². The molecule has 2 heterocycles. The summed E-state index contributed by atoms with van der Waals surface area (Å²) in [7, 11) is 1.94. The summed E-state index contributed by atoms with van der Waals surface area (Å²) in [5, 5.41) is 0. The quantitative estimate of drug-likeness (QED) is 0.776. The fourth-order valence-electron chi connectivity index (χ4n) is 2.54. The van der Waals surface area contributed by atoms with Crippen LogP contribution in [0.3, 0.4) is 0 Å². The van der Waals surface area contributed by atoms with Crippen LogP contribution in [0.2, 0.25) is 0 Å². The fourth-order valence-corrected chi connectivity index (χ4v) is 2.54. The summed E-state index contributed by atoms with van der Waals surface area (Å²) in [5.74, 6) is 0.227. The van der Waals surface area contributed by atoms with E-state index in [2.05, 4.69) is 30.6 Å². The zero-order chi connectivity index (χ0) is 14.0. The van der Waals surface area contributed by atoms with Crippen LogP contribution in [-0.2, 0) is 7.05 Å². The highest BCUT2D eigenvalue weighted by Crippen LogP contribution is 2.16. The molecular formula is C15H25N3O. The van der Waals surface area contributed by atoms with Crippen LogP contribution < -0.4 is 0 Å². The first-order chi connectivity index (χ1) is 8.86. The minimum absolute atomic E-state index is 0.227. The topological polar surface area (TPSA) is 28.5 Å². The van der Waals surface area contributed by atoms with Gasteiger partial charge < -0.3 is 4.57 Å². The van der Waals surface area contributed by atoms with E-state index in [-0.39, 0.29) is 11.3 Å². The predicted molar refractivity (Wildman–Crippen MR) is 77.5 cm³/mol. The largest absolute Gasteiger partial charge is 0.357 e. The lowest BCUT2D eigenvalue weighted by Crippen LogP contribution is -2.54. The summed E-state index contributed by atoms with van der Waals surface area (Å²) in [6.45, 7) is 11.3. The third-order valence-corrected chi connectivity index (χ3v) is 3.84. The minimum atomic E-state index is 0.227. The molecule has 4 heteroatoms. The molecule has 1 aliphatic rings. The zero-order valence-electron chi connectivity index (χ0n) is 12.5. The van der Waals surface area contributed by atoms with Gasteiger partial charge in [-0.3, -0.25) is 14.6 Å². The molecule has 1 aromatic rings. The lowest BCUT2D eigenvalue weighted by molar-refractivity contribution is 0.0579. The number of carbonyl (C=O) groups is 1. The van der Waals surface area contributed by atoms with Gasteiger partial charge in [0, 0.05) is 56.7 Å². The average Bonchev–Trinajstić information content (AvgIpc) is 2.75. The molecule has 0 spiro atoms.